The van der Waals surface area contributed by atoms with Gasteiger partial charge in [-0.3, -0.25) is 9.20 Å². The van der Waals surface area contributed by atoms with Crippen LogP contribution in [0.25, 0.3) is 22.5 Å². The Morgan fingerprint density at radius 1 is 1.07 bits per heavy atom. The van der Waals surface area contributed by atoms with Gasteiger partial charge in [0.2, 0.25) is 11.7 Å². The van der Waals surface area contributed by atoms with Crippen molar-refractivity contribution in [3.05, 3.63) is 87.0 Å². The maximum Gasteiger partial charge on any atom is 0.410 e. The first kappa shape index (κ1) is 27.0. The van der Waals surface area contributed by atoms with Crippen molar-refractivity contribution in [3.8, 4) is 5.69 Å². The van der Waals surface area contributed by atoms with Gasteiger partial charge in [0.05, 0.1) is 15.7 Å². The molecule has 4 heterocycles. The molecule has 2 aromatic carbocycles. The zero-order valence-corrected chi connectivity index (χ0v) is 24.1. The van der Waals surface area contributed by atoms with Crippen LogP contribution in [0.4, 0.5) is 16.4 Å². The number of imidazole rings is 1. The van der Waals surface area contributed by atoms with Gasteiger partial charge in [0.1, 0.15) is 11.0 Å². The van der Waals surface area contributed by atoms with Crippen LogP contribution < -0.4 is 10.9 Å². The number of carbonyl (C=O) groups is 1. The summed E-state index contributed by atoms with van der Waals surface area (Å²) in [6.45, 7) is 6.89. The lowest BCUT2D eigenvalue weighted by atomic mass is 9.98. The van der Waals surface area contributed by atoms with E-state index in [2.05, 4.69) is 20.3 Å². The van der Waals surface area contributed by atoms with Gasteiger partial charge in [-0.2, -0.15) is 4.98 Å². The molecule has 0 spiro atoms. The Hall–Kier alpha value is -4.15. The van der Waals surface area contributed by atoms with Crippen LogP contribution in [-0.4, -0.2) is 53.6 Å². The number of hydrogen-bond acceptors (Lipinski definition) is 7. The third-order valence-corrected chi connectivity index (χ3v) is 7.50. The molecule has 1 atom stereocenters. The molecule has 0 aliphatic carbocycles. The van der Waals surface area contributed by atoms with Gasteiger partial charge in [0.15, 0.2) is 5.65 Å². The quantitative estimate of drug-likeness (QED) is 0.265. The number of nitrogens with zero attached hydrogens (tertiary/aromatic N) is 6. The summed E-state index contributed by atoms with van der Waals surface area (Å²) >= 11 is 12.8. The van der Waals surface area contributed by atoms with E-state index in [0.717, 1.165) is 17.7 Å². The maximum atomic E-state index is 13.6. The second kappa shape index (κ2) is 10.4. The molecular formula is C29H27Cl2N7O3. The molecule has 1 fully saturated rings. The fourth-order valence-electron chi connectivity index (χ4n) is 5.00. The molecule has 0 saturated carbocycles. The summed E-state index contributed by atoms with van der Waals surface area (Å²) in [5, 5.41) is 4.14. The average molecular weight is 592 g/mol. The molecule has 0 bridgehead atoms. The van der Waals surface area contributed by atoms with Crippen molar-refractivity contribution in [2.24, 2.45) is 0 Å². The number of likely N-dealkylation sites (tertiary alicyclic amines) is 1. The zero-order valence-electron chi connectivity index (χ0n) is 22.6. The van der Waals surface area contributed by atoms with E-state index in [-0.39, 0.29) is 23.0 Å². The summed E-state index contributed by atoms with van der Waals surface area (Å²) in [4.78, 5) is 41.2. The van der Waals surface area contributed by atoms with Crippen LogP contribution in [0.2, 0.25) is 10.0 Å². The van der Waals surface area contributed by atoms with Crippen LogP contribution >= 0.6 is 23.2 Å². The van der Waals surface area contributed by atoms with Crippen LogP contribution in [0, 0.1) is 0 Å². The summed E-state index contributed by atoms with van der Waals surface area (Å²) in [5.41, 5.74) is 1.76. The van der Waals surface area contributed by atoms with E-state index >= 15 is 0 Å². The zero-order chi connectivity index (χ0) is 28.9. The molecule has 1 unspecified atom stereocenters. The Balaban J connectivity index is 1.25. The third kappa shape index (κ3) is 5.20. The normalized spacial score (nSPS) is 15.5. The molecule has 5 aromatic rings. The van der Waals surface area contributed by atoms with E-state index in [1.807, 2.05) is 45.0 Å². The third-order valence-electron chi connectivity index (χ3n) is 6.89. The van der Waals surface area contributed by atoms with Crippen molar-refractivity contribution in [2.45, 2.75) is 38.7 Å². The lowest BCUT2D eigenvalue weighted by Crippen LogP contribution is -2.35. The van der Waals surface area contributed by atoms with E-state index in [4.69, 9.17) is 27.9 Å². The van der Waals surface area contributed by atoms with E-state index in [9.17, 15) is 9.59 Å². The second-order valence-electron chi connectivity index (χ2n) is 10.9. The molecule has 41 heavy (non-hydrogen) atoms. The van der Waals surface area contributed by atoms with Gasteiger partial charge in [-0.25, -0.2) is 19.3 Å². The largest absolute Gasteiger partial charge is 0.444 e. The summed E-state index contributed by atoms with van der Waals surface area (Å²) < 4.78 is 8.58. The Bertz CT molecular complexity index is 1820. The highest BCUT2D eigenvalue weighted by Gasteiger charge is 2.30. The first-order chi connectivity index (χ1) is 19.6. The Kier molecular flexibility index (Phi) is 6.83. The predicted molar refractivity (Wildman–Crippen MR) is 159 cm³/mol. The molecule has 0 radical (unpaired) electrons. The highest BCUT2D eigenvalue weighted by molar-refractivity contribution is 6.37. The second-order valence-corrected chi connectivity index (χ2v) is 11.7. The van der Waals surface area contributed by atoms with Crippen molar-refractivity contribution in [1.82, 2.24) is 28.8 Å². The fourth-order valence-corrected chi connectivity index (χ4v) is 5.57. The molecule has 1 amide bonds. The minimum absolute atomic E-state index is 0.233. The summed E-state index contributed by atoms with van der Waals surface area (Å²) in [6, 6.07) is 13.0. The Morgan fingerprint density at radius 2 is 1.80 bits per heavy atom. The first-order valence-electron chi connectivity index (χ1n) is 13.1. The standard InChI is InChI=1S/C29H27Cl2N7O3/c1-29(2,3)41-28(40)36-13-11-18(16-36)17-7-9-19(10-8-17)34-26-33-15-20-24(35-26)37-14-12-32-27(37)38(25(20)39)23-21(30)5-4-6-22(23)31/h4-10,12,14-15,18H,11,13,16H2,1-3H3,(H,33,34,35). The lowest BCUT2D eigenvalue weighted by molar-refractivity contribution is 0.0292. The molecule has 1 saturated heterocycles. The van der Waals surface area contributed by atoms with Gasteiger partial charge in [-0.1, -0.05) is 41.4 Å². The van der Waals surface area contributed by atoms with Crippen molar-refractivity contribution in [1.29, 1.82) is 0 Å². The number of nitrogens with one attached hydrogen (secondary N) is 1. The topological polar surface area (TPSA) is 107 Å². The lowest BCUT2D eigenvalue weighted by Gasteiger charge is -2.24. The van der Waals surface area contributed by atoms with Gasteiger partial charge in [0, 0.05) is 43.3 Å². The number of amides is 1. The minimum Gasteiger partial charge on any atom is -0.444 e. The fraction of sp³-hybridized carbons (Fsp3) is 0.276. The van der Waals surface area contributed by atoms with Gasteiger partial charge in [-0.15, -0.1) is 0 Å². The Labute approximate surface area is 245 Å². The minimum atomic E-state index is -0.517. The number of ether oxygens (including phenoxy) is 1. The molecule has 1 aliphatic heterocycles. The summed E-state index contributed by atoms with van der Waals surface area (Å²) in [6.07, 6.45) is 5.37. The number of rotatable bonds is 4. The molecule has 6 rings (SSSR count). The van der Waals surface area contributed by atoms with E-state index < -0.39 is 5.60 Å². The van der Waals surface area contributed by atoms with Crippen molar-refractivity contribution in [2.75, 3.05) is 18.4 Å². The number of benzene rings is 2. The van der Waals surface area contributed by atoms with E-state index in [0.29, 0.717) is 46.2 Å². The van der Waals surface area contributed by atoms with Gasteiger partial charge < -0.3 is 15.0 Å². The molecule has 10 nitrogen and oxygen atoms in total. The number of hydrogen-bond donors (Lipinski definition) is 1. The van der Waals surface area contributed by atoms with Crippen LogP contribution in [0.15, 0.2) is 65.8 Å². The van der Waals surface area contributed by atoms with Gasteiger partial charge in [0.25, 0.3) is 5.56 Å². The van der Waals surface area contributed by atoms with Crippen molar-refractivity contribution in [3.63, 3.8) is 0 Å². The number of aromatic nitrogens is 5. The van der Waals surface area contributed by atoms with Crippen LogP contribution in [0.3, 0.4) is 0 Å². The Morgan fingerprint density at radius 3 is 2.51 bits per heavy atom. The van der Waals surface area contributed by atoms with Crippen LogP contribution in [0.1, 0.15) is 38.7 Å². The smallest absolute Gasteiger partial charge is 0.410 e. The van der Waals surface area contributed by atoms with Crippen LogP contribution in [-0.2, 0) is 4.74 Å². The highest BCUT2D eigenvalue weighted by atomic mass is 35.5. The predicted octanol–water partition coefficient (Wildman–Crippen LogP) is 6.20. The SMILES string of the molecule is CC(C)(C)OC(=O)N1CCC(c2ccc(Nc3ncc4c(=O)n(-c5c(Cl)cccc5Cl)c5nccn5c4n3)cc2)C1. The van der Waals surface area contributed by atoms with E-state index in [1.54, 1.807) is 39.9 Å². The summed E-state index contributed by atoms with van der Waals surface area (Å²) in [5.74, 6) is 0.880. The number of anilines is 2. The molecule has 12 heteroatoms. The monoisotopic (exact) mass is 591 g/mol. The highest BCUT2D eigenvalue weighted by Crippen LogP contribution is 2.31. The first-order valence-corrected chi connectivity index (χ1v) is 13.9. The van der Waals surface area contributed by atoms with Gasteiger partial charge in [-0.05, 0) is 57.0 Å². The summed E-state index contributed by atoms with van der Waals surface area (Å²) in [7, 11) is 0. The maximum absolute atomic E-state index is 13.6. The number of para-hydroxylation sites is 1. The number of fused-ring (bicyclic) bond motifs is 3. The molecule has 1 aliphatic rings. The number of halogens is 2. The molecular weight excluding hydrogens is 565 g/mol. The van der Waals surface area contributed by atoms with Crippen molar-refractivity contribution < 1.29 is 9.53 Å². The molecule has 210 valence electrons. The molecule has 1 N–H and O–H groups in total. The van der Waals surface area contributed by atoms with Crippen molar-refractivity contribution >= 4 is 57.7 Å². The van der Waals surface area contributed by atoms with E-state index in [1.165, 1.54) is 10.8 Å². The number of carbonyl (C=O) groups excluding carboxylic acids is 1. The molecule has 3 aromatic heterocycles. The van der Waals surface area contributed by atoms with Crippen LogP contribution in [0.5, 0.6) is 0 Å². The van der Waals surface area contributed by atoms with Gasteiger partial charge >= 0.3 is 6.09 Å². The average Bonchev–Trinajstić information content (AvgIpc) is 3.61.